The average molecular weight is 592 g/mol. The van der Waals surface area contributed by atoms with Crippen molar-refractivity contribution in [3.8, 4) is 0 Å². The molecule has 0 amide bonds. The highest BCUT2D eigenvalue weighted by Gasteiger charge is 2.20. The summed E-state index contributed by atoms with van der Waals surface area (Å²) in [5, 5.41) is 12.4. The zero-order valence-corrected chi connectivity index (χ0v) is 25.0. The third-order valence-corrected chi connectivity index (χ3v) is 10.3. The molecule has 0 radical (unpaired) electrons. The van der Waals surface area contributed by atoms with E-state index in [1.165, 1.54) is 52.5 Å². The number of nitrogens with zero attached hydrogens (tertiary/aromatic N) is 1. The van der Waals surface area contributed by atoms with Gasteiger partial charge in [0.25, 0.3) is 0 Å². The zero-order valence-electron chi connectivity index (χ0n) is 24.2. The second-order valence-electron chi connectivity index (χ2n) is 11.7. The minimum Gasteiger partial charge on any atom is -0.456 e. The van der Waals surface area contributed by atoms with Crippen LogP contribution in [0.25, 0.3) is 74.4 Å². The van der Waals surface area contributed by atoms with E-state index in [1.54, 1.807) is 0 Å². The molecule has 210 valence electrons. The first-order valence-electron chi connectivity index (χ1n) is 15.3. The number of rotatable bonds is 3. The van der Waals surface area contributed by atoms with Crippen LogP contribution in [0.2, 0.25) is 0 Å². The number of para-hydroxylation sites is 1. The van der Waals surface area contributed by atoms with Crippen LogP contribution in [0.15, 0.2) is 156 Å². The molecule has 0 bridgehead atoms. The van der Waals surface area contributed by atoms with Crippen molar-refractivity contribution in [1.29, 1.82) is 0 Å². The lowest BCUT2D eigenvalue weighted by Crippen LogP contribution is -2.10. The summed E-state index contributed by atoms with van der Waals surface area (Å²) in [7, 11) is 0. The van der Waals surface area contributed by atoms with E-state index in [0.717, 1.165) is 39.0 Å². The van der Waals surface area contributed by atoms with E-state index in [0.29, 0.717) is 0 Å². The number of thiophene rings is 1. The first-order valence-corrected chi connectivity index (χ1v) is 16.1. The number of hydrogen-bond donors (Lipinski definition) is 0. The summed E-state index contributed by atoms with van der Waals surface area (Å²) in [6.45, 7) is 0. The van der Waals surface area contributed by atoms with Gasteiger partial charge in [-0.1, -0.05) is 97.1 Å². The second kappa shape index (κ2) is 9.43. The third kappa shape index (κ3) is 3.68. The molecule has 0 fully saturated rings. The number of anilines is 3. The highest BCUT2D eigenvalue weighted by molar-refractivity contribution is 7.26. The van der Waals surface area contributed by atoms with Crippen molar-refractivity contribution < 1.29 is 4.42 Å². The standard InChI is InChI=1S/C42H25NOS/c1-4-12-31-26(9-1)17-21-41-42(31)36-25-29(19-22-40(36)45-41)43(28-18-20-39-35(24-28)34-15-7-8-16-38(34)44-39)37-23-27-10-2-3-11-30(27)32-13-5-6-14-33(32)37/h1-25H. The smallest absolute Gasteiger partial charge is 0.135 e. The van der Waals surface area contributed by atoms with E-state index in [1.807, 2.05) is 23.5 Å². The van der Waals surface area contributed by atoms with Crippen molar-refractivity contribution in [2.75, 3.05) is 4.90 Å². The van der Waals surface area contributed by atoms with Crippen LogP contribution in [0.5, 0.6) is 0 Å². The lowest BCUT2D eigenvalue weighted by atomic mass is 9.98. The van der Waals surface area contributed by atoms with Gasteiger partial charge in [-0.3, -0.25) is 0 Å². The second-order valence-corrected chi connectivity index (χ2v) is 12.8. The maximum Gasteiger partial charge on any atom is 0.135 e. The molecule has 0 saturated heterocycles. The predicted molar refractivity (Wildman–Crippen MR) is 194 cm³/mol. The normalized spacial score (nSPS) is 12.0. The van der Waals surface area contributed by atoms with Crippen LogP contribution < -0.4 is 4.90 Å². The Kier molecular flexibility index (Phi) is 5.19. The van der Waals surface area contributed by atoms with Gasteiger partial charge in [-0.15, -0.1) is 11.3 Å². The van der Waals surface area contributed by atoms with Crippen LogP contribution in [-0.4, -0.2) is 0 Å². The summed E-state index contributed by atoms with van der Waals surface area (Å²) < 4.78 is 8.86. The minimum atomic E-state index is 0.897. The SMILES string of the molecule is c1ccc2c(c1)cc(N(c1ccc3oc4ccccc4c3c1)c1ccc3sc4ccc5ccccc5c4c3c1)c1ccccc12. The van der Waals surface area contributed by atoms with Crippen molar-refractivity contribution in [3.63, 3.8) is 0 Å². The fourth-order valence-corrected chi connectivity index (χ4v) is 8.28. The molecular formula is C42H25NOS. The van der Waals surface area contributed by atoms with Crippen molar-refractivity contribution in [2.45, 2.75) is 0 Å². The van der Waals surface area contributed by atoms with E-state index in [4.69, 9.17) is 4.42 Å². The highest BCUT2D eigenvalue weighted by Crippen LogP contribution is 2.46. The topological polar surface area (TPSA) is 16.4 Å². The van der Waals surface area contributed by atoms with Gasteiger partial charge in [0, 0.05) is 47.7 Å². The van der Waals surface area contributed by atoms with Gasteiger partial charge < -0.3 is 9.32 Å². The summed E-state index contributed by atoms with van der Waals surface area (Å²) in [6.07, 6.45) is 0. The van der Waals surface area contributed by atoms with Gasteiger partial charge in [0.2, 0.25) is 0 Å². The van der Waals surface area contributed by atoms with Crippen molar-refractivity contribution >= 4 is 103 Å². The molecule has 0 atom stereocenters. The van der Waals surface area contributed by atoms with Crippen LogP contribution in [0, 0.1) is 0 Å². The zero-order chi connectivity index (χ0) is 29.5. The number of benzene rings is 8. The third-order valence-electron chi connectivity index (χ3n) is 9.21. The van der Waals surface area contributed by atoms with Crippen LogP contribution in [0.1, 0.15) is 0 Å². The van der Waals surface area contributed by atoms with E-state index in [-0.39, 0.29) is 0 Å². The molecule has 2 nitrogen and oxygen atoms in total. The Hall–Kier alpha value is -5.64. The lowest BCUT2D eigenvalue weighted by molar-refractivity contribution is 0.669. The van der Waals surface area contributed by atoms with Gasteiger partial charge in [0.1, 0.15) is 11.2 Å². The Morgan fingerprint density at radius 2 is 1.02 bits per heavy atom. The Balaban J connectivity index is 1.31. The van der Waals surface area contributed by atoms with E-state index < -0.39 is 0 Å². The van der Waals surface area contributed by atoms with Crippen molar-refractivity contribution in [3.05, 3.63) is 152 Å². The average Bonchev–Trinajstić information content (AvgIpc) is 3.66. The molecule has 0 aliphatic rings. The Morgan fingerprint density at radius 3 is 1.89 bits per heavy atom. The first kappa shape index (κ1) is 24.8. The Labute approximate surface area is 263 Å². The summed E-state index contributed by atoms with van der Waals surface area (Å²) in [5.41, 5.74) is 5.18. The highest BCUT2D eigenvalue weighted by atomic mass is 32.1. The Bertz CT molecular complexity index is 2790. The van der Waals surface area contributed by atoms with E-state index in [9.17, 15) is 0 Å². The maximum absolute atomic E-state index is 6.25. The van der Waals surface area contributed by atoms with Gasteiger partial charge in [0.05, 0.1) is 5.69 Å². The van der Waals surface area contributed by atoms with E-state index >= 15 is 0 Å². The molecule has 3 heteroatoms. The molecule has 0 unspecified atom stereocenters. The van der Waals surface area contributed by atoms with Crippen LogP contribution in [0.4, 0.5) is 17.1 Å². The largest absolute Gasteiger partial charge is 0.456 e. The number of hydrogen-bond acceptors (Lipinski definition) is 3. The fraction of sp³-hybridized carbons (Fsp3) is 0. The number of furan rings is 1. The summed E-state index contributed by atoms with van der Waals surface area (Å²) >= 11 is 1.87. The van der Waals surface area contributed by atoms with Gasteiger partial charge >= 0.3 is 0 Å². The predicted octanol–water partition coefficient (Wildman–Crippen LogP) is 12.9. The van der Waals surface area contributed by atoms with Gasteiger partial charge in [-0.2, -0.15) is 0 Å². The monoisotopic (exact) mass is 591 g/mol. The molecule has 8 aromatic carbocycles. The molecule has 45 heavy (non-hydrogen) atoms. The van der Waals surface area contributed by atoms with Gasteiger partial charge in [-0.05, 0) is 81.5 Å². The van der Waals surface area contributed by atoms with Gasteiger partial charge in [-0.25, -0.2) is 0 Å². The Morgan fingerprint density at radius 1 is 0.400 bits per heavy atom. The number of fused-ring (bicyclic) bond motifs is 11. The molecule has 0 saturated carbocycles. The summed E-state index contributed by atoms with van der Waals surface area (Å²) in [4.78, 5) is 2.43. The van der Waals surface area contributed by atoms with E-state index in [2.05, 4.69) is 144 Å². The van der Waals surface area contributed by atoms with Gasteiger partial charge in [0.15, 0.2) is 0 Å². The quantitative estimate of drug-likeness (QED) is 0.190. The van der Waals surface area contributed by atoms with Crippen LogP contribution in [0.3, 0.4) is 0 Å². The fourth-order valence-electron chi connectivity index (χ4n) is 7.17. The molecule has 10 rings (SSSR count). The molecule has 10 aromatic rings. The molecule has 2 heterocycles. The molecule has 0 N–H and O–H groups in total. The van der Waals surface area contributed by atoms with Crippen molar-refractivity contribution in [2.24, 2.45) is 0 Å². The summed E-state index contributed by atoms with van der Waals surface area (Å²) in [6, 6.07) is 55.0. The molecule has 0 aliphatic carbocycles. The molecule has 0 aliphatic heterocycles. The summed E-state index contributed by atoms with van der Waals surface area (Å²) in [5.74, 6) is 0. The van der Waals surface area contributed by atoms with Crippen LogP contribution >= 0.6 is 11.3 Å². The van der Waals surface area contributed by atoms with Crippen LogP contribution in [-0.2, 0) is 0 Å². The molecule has 0 spiro atoms. The van der Waals surface area contributed by atoms with Crippen molar-refractivity contribution in [1.82, 2.24) is 0 Å². The molecular weight excluding hydrogens is 567 g/mol. The first-order chi connectivity index (χ1) is 22.3. The molecule has 2 aromatic heterocycles. The minimum absolute atomic E-state index is 0.897. The lowest BCUT2D eigenvalue weighted by Gasteiger charge is -2.28. The maximum atomic E-state index is 6.25.